The summed E-state index contributed by atoms with van der Waals surface area (Å²) in [5.41, 5.74) is 0. The zero-order chi connectivity index (χ0) is 10.5. The lowest BCUT2D eigenvalue weighted by Gasteiger charge is -2.29. The summed E-state index contributed by atoms with van der Waals surface area (Å²) < 4.78 is 0. The Bertz CT molecular complexity index is 209. The second-order valence-electron chi connectivity index (χ2n) is 5.53. The molecule has 0 radical (unpaired) electrons. The van der Waals surface area contributed by atoms with Crippen LogP contribution in [0, 0.1) is 11.8 Å². The van der Waals surface area contributed by atoms with E-state index in [-0.39, 0.29) is 0 Å². The number of rotatable bonds is 3. The standard InChI is InChI=1S/C14H25N/c1-12-6-5-7-13(10-12)11-15-14-8-3-2-4-9-14/h2-3,12-15H,4-11H2,1H3. The van der Waals surface area contributed by atoms with Crippen LogP contribution in [0.15, 0.2) is 12.2 Å². The second-order valence-corrected chi connectivity index (χ2v) is 5.53. The van der Waals surface area contributed by atoms with Crippen LogP contribution in [0.3, 0.4) is 0 Å². The fourth-order valence-corrected chi connectivity index (χ4v) is 3.06. The zero-order valence-corrected chi connectivity index (χ0v) is 10.0. The second kappa shape index (κ2) is 5.69. The molecule has 0 saturated heterocycles. The Hall–Kier alpha value is -0.300. The van der Waals surface area contributed by atoms with Crippen molar-refractivity contribution in [1.29, 1.82) is 0 Å². The zero-order valence-electron chi connectivity index (χ0n) is 10.0. The van der Waals surface area contributed by atoms with Crippen LogP contribution in [0.5, 0.6) is 0 Å². The van der Waals surface area contributed by atoms with Gasteiger partial charge in [-0.3, -0.25) is 0 Å². The lowest BCUT2D eigenvalue weighted by molar-refractivity contribution is 0.264. The van der Waals surface area contributed by atoms with E-state index in [1.165, 1.54) is 51.5 Å². The van der Waals surface area contributed by atoms with Crippen molar-refractivity contribution in [3.8, 4) is 0 Å². The van der Waals surface area contributed by atoms with Gasteiger partial charge in [0, 0.05) is 6.04 Å². The van der Waals surface area contributed by atoms with Gasteiger partial charge in [-0.1, -0.05) is 31.9 Å². The van der Waals surface area contributed by atoms with Gasteiger partial charge in [-0.25, -0.2) is 0 Å². The highest BCUT2D eigenvalue weighted by atomic mass is 14.9. The first kappa shape index (κ1) is 11.2. The van der Waals surface area contributed by atoms with Crippen LogP contribution < -0.4 is 5.32 Å². The van der Waals surface area contributed by atoms with Gasteiger partial charge in [0.1, 0.15) is 0 Å². The van der Waals surface area contributed by atoms with Crippen LogP contribution in [0.1, 0.15) is 51.9 Å². The average molecular weight is 207 g/mol. The largest absolute Gasteiger partial charge is 0.313 e. The van der Waals surface area contributed by atoms with Gasteiger partial charge in [0.05, 0.1) is 0 Å². The highest BCUT2D eigenvalue weighted by molar-refractivity contribution is 4.93. The molecule has 2 rings (SSSR count). The van der Waals surface area contributed by atoms with E-state index < -0.39 is 0 Å². The molecule has 0 aliphatic heterocycles. The van der Waals surface area contributed by atoms with E-state index >= 15 is 0 Å². The molecule has 2 aliphatic carbocycles. The topological polar surface area (TPSA) is 12.0 Å². The minimum atomic E-state index is 0.771. The molecule has 3 atom stereocenters. The predicted octanol–water partition coefficient (Wildman–Crippen LogP) is 3.51. The summed E-state index contributed by atoms with van der Waals surface area (Å²) in [5, 5.41) is 3.76. The molecule has 1 N–H and O–H groups in total. The Morgan fingerprint density at radius 3 is 2.87 bits per heavy atom. The fourth-order valence-electron chi connectivity index (χ4n) is 3.06. The summed E-state index contributed by atoms with van der Waals surface area (Å²) >= 11 is 0. The molecule has 3 unspecified atom stereocenters. The van der Waals surface area contributed by atoms with Crippen molar-refractivity contribution in [2.24, 2.45) is 11.8 Å². The molecule has 1 heteroatoms. The van der Waals surface area contributed by atoms with E-state index in [1.54, 1.807) is 0 Å². The summed E-state index contributed by atoms with van der Waals surface area (Å²) in [4.78, 5) is 0. The molecule has 0 aromatic heterocycles. The van der Waals surface area contributed by atoms with Gasteiger partial charge in [-0.15, -0.1) is 0 Å². The Kier molecular flexibility index (Phi) is 4.25. The normalized spacial score (nSPS) is 36.7. The molecule has 0 aromatic rings. The lowest BCUT2D eigenvalue weighted by atomic mass is 9.82. The highest BCUT2D eigenvalue weighted by Gasteiger charge is 2.19. The Morgan fingerprint density at radius 1 is 1.20 bits per heavy atom. The van der Waals surface area contributed by atoms with E-state index in [4.69, 9.17) is 0 Å². The number of hydrogen-bond donors (Lipinski definition) is 1. The predicted molar refractivity (Wildman–Crippen MR) is 65.9 cm³/mol. The molecule has 0 amide bonds. The highest BCUT2D eigenvalue weighted by Crippen LogP contribution is 2.28. The maximum Gasteiger partial charge on any atom is 0.0105 e. The third kappa shape index (κ3) is 3.64. The molecule has 1 saturated carbocycles. The number of hydrogen-bond acceptors (Lipinski definition) is 1. The molecule has 0 spiro atoms. The van der Waals surface area contributed by atoms with Crippen molar-refractivity contribution in [2.75, 3.05) is 6.54 Å². The Morgan fingerprint density at radius 2 is 2.13 bits per heavy atom. The maximum atomic E-state index is 3.76. The molecule has 0 heterocycles. The molecule has 1 nitrogen and oxygen atoms in total. The fraction of sp³-hybridized carbons (Fsp3) is 0.857. The third-order valence-electron chi connectivity index (χ3n) is 4.01. The van der Waals surface area contributed by atoms with E-state index in [1.807, 2.05) is 0 Å². The molecule has 2 aliphatic rings. The van der Waals surface area contributed by atoms with Crippen molar-refractivity contribution in [3.05, 3.63) is 12.2 Å². The monoisotopic (exact) mass is 207 g/mol. The van der Waals surface area contributed by atoms with Gasteiger partial charge in [0.2, 0.25) is 0 Å². The molecule has 0 bridgehead atoms. The quantitative estimate of drug-likeness (QED) is 0.698. The third-order valence-corrected chi connectivity index (χ3v) is 4.01. The SMILES string of the molecule is CC1CCCC(CNC2CC=CCC2)C1. The first-order valence-corrected chi connectivity index (χ1v) is 6.73. The maximum absolute atomic E-state index is 3.76. The number of nitrogens with one attached hydrogen (secondary N) is 1. The minimum Gasteiger partial charge on any atom is -0.313 e. The average Bonchev–Trinajstić information content (AvgIpc) is 2.28. The van der Waals surface area contributed by atoms with E-state index in [9.17, 15) is 0 Å². The lowest BCUT2D eigenvalue weighted by Crippen LogP contribution is -2.35. The Labute approximate surface area is 94.3 Å². The summed E-state index contributed by atoms with van der Waals surface area (Å²) in [6, 6.07) is 0.771. The molecule has 15 heavy (non-hydrogen) atoms. The van der Waals surface area contributed by atoms with Gasteiger partial charge >= 0.3 is 0 Å². The van der Waals surface area contributed by atoms with Crippen LogP contribution in [-0.4, -0.2) is 12.6 Å². The van der Waals surface area contributed by atoms with E-state index in [2.05, 4.69) is 24.4 Å². The van der Waals surface area contributed by atoms with Gasteiger partial charge in [0.25, 0.3) is 0 Å². The Balaban J connectivity index is 1.66. The van der Waals surface area contributed by atoms with Crippen molar-refractivity contribution in [3.63, 3.8) is 0 Å². The summed E-state index contributed by atoms with van der Waals surface area (Å²) in [6.07, 6.45) is 14.4. The summed E-state index contributed by atoms with van der Waals surface area (Å²) in [7, 11) is 0. The van der Waals surface area contributed by atoms with Crippen LogP contribution in [-0.2, 0) is 0 Å². The van der Waals surface area contributed by atoms with Gasteiger partial charge in [-0.2, -0.15) is 0 Å². The van der Waals surface area contributed by atoms with Crippen LogP contribution in [0.2, 0.25) is 0 Å². The summed E-state index contributed by atoms with van der Waals surface area (Å²) in [6.45, 7) is 3.68. The van der Waals surface area contributed by atoms with E-state index in [0.29, 0.717) is 0 Å². The van der Waals surface area contributed by atoms with Crippen LogP contribution in [0.25, 0.3) is 0 Å². The van der Waals surface area contributed by atoms with Crippen LogP contribution in [0.4, 0.5) is 0 Å². The smallest absolute Gasteiger partial charge is 0.0105 e. The molecular formula is C14H25N. The van der Waals surface area contributed by atoms with Gasteiger partial charge < -0.3 is 5.32 Å². The van der Waals surface area contributed by atoms with Crippen molar-refractivity contribution in [1.82, 2.24) is 5.32 Å². The number of allylic oxidation sites excluding steroid dienone is 1. The molecule has 86 valence electrons. The summed E-state index contributed by atoms with van der Waals surface area (Å²) in [5.74, 6) is 1.93. The molecular weight excluding hydrogens is 182 g/mol. The first-order valence-electron chi connectivity index (χ1n) is 6.73. The van der Waals surface area contributed by atoms with Crippen molar-refractivity contribution < 1.29 is 0 Å². The first-order chi connectivity index (χ1) is 7.34. The molecule has 0 aromatic carbocycles. The van der Waals surface area contributed by atoms with Gasteiger partial charge in [0.15, 0.2) is 0 Å². The van der Waals surface area contributed by atoms with Gasteiger partial charge in [-0.05, 0) is 50.5 Å². The van der Waals surface area contributed by atoms with Crippen molar-refractivity contribution in [2.45, 2.75) is 57.9 Å². The minimum absolute atomic E-state index is 0.771. The molecule has 1 fully saturated rings. The van der Waals surface area contributed by atoms with Crippen molar-refractivity contribution >= 4 is 0 Å². The van der Waals surface area contributed by atoms with E-state index in [0.717, 1.165) is 17.9 Å². The van der Waals surface area contributed by atoms with Crippen LogP contribution >= 0.6 is 0 Å².